The SMILES string of the molecule is CC1=CC(N(c2ccccc2)c2ccc3ccccc3n2)C2=CCc3c(C)cc(N(c4ccccc4)c4ccccn4)c4ccc1c2c34. The molecule has 7 aromatic rings. The molecule has 2 aromatic heterocycles. The van der Waals surface area contributed by atoms with Gasteiger partial charge in [-0.3, -0.25) is 4.90 Å². The Morgan fingerprint density at radius 3 is 2.23 bits per heavy atom. The Labute approximate surface area is 281 Å². The van der Waals surface area contributed by atoms with E-state index in [0.717, 1.165) is 46.0 Å². The number of rotatable bonds is 6. The Bertz CT molecular complexity index is 2360. The van der Waals surface area contributed by atoms with Gasteiger partial charge in [0.15, 0.2) is 0 Å². The fourth-order valence-electron chi connectivity index (χ4n) is 7.66. The van der Waals surface area contributed by atoms with Gasteiger partial charge in [0, 0.05) is 28.3 Å². The maximum absolute atomic E-state index is 5.23. The molecule has 1 unspecified atom stereocenters. The summed E-state index contributed by atoms with van der Waals surface area (Å²) in [6, 6.07) is 47.1. The van der Waals surface area contributed by atoms with Gasteiger partial charge in [-0.15, -0.1) is 0 Å². The lowest BCUT2D eigenvalue weighted by Gasteiger charge is -2.39. The Morgan fingerprint density at radius 2 is 1.44 bits per heavy atom. The third-order valence-electron chi connectivity index (χ3n) is 9.86. The Morgan fingerprint density at radius 1 is 0.688 bits per heavy atom. The fraction of sp³-hybridized carbons (Fsp3) is 0.0909. The number of hydrogen-bond donors (Lipinski definition) is 0. The van der Waals surface area contributed by atoms with Crippen molar-refractivity contribution in [3.05, 3.63) is 174 Å². The normalized spacial score (nSPS) is 14.8. The van der Waals surface area contributed by atoms with Gasteiger partial charge in [-0.25, -0.2) is 9.97 Å². The zero-order valence-electron chi connectivity index (χ0n) is 27.0. The number of aromatic nitrogens is 2. The molecular formula is C44H34N4. The van der Waals surface area contributed by atoms with Crippen molar-refractivity contribution in [2.45, 2.75) is 26.3 Å². The first-order valence-corrected chi connectivity index (χ1v) is 16.6. The molecule has 0 saturated carbocycles. The molecule has 0 radical (unpaired) electrons. The molecule has 5 aromatic carbocycles. The second-order valence-corrected chi connectivity index (χ2v) is 12.7. The number of aryl methyl sites for hydroxylation is 1. The maximum atomic E-state index is 5.23. The van der Waals surface area contributed by atoms with E-state index >= 15 is 0 Å². The van der Waals surface area contributed by atoms with Crippen molar-refractivity contribution in [1.82, 2.24) is 9.97 Å². The van der Waals surface area contributed by atoms with Crippen LogP contribution < -0.4 is 9.80 Å². The average Bonchev–Trinajstić information content (AvgIpc) is 3.14. The average molecular weight is 619 g/mol. The van der Waals surface area contributed by atoms with Crippen LogP contribution in [-0.2, 0) is 6.42 Å². The second kappa shape index (κ2) is 11.4. The monoisotopic (exact) mass is 618 g/mol. The molecule has 2 heterocycles. The predicted molar refractivity (Wildman–Crippen MR) is 201 cm³/mol. The van der Waals surface area contributed by atoms with E-state index in [1.165, 1.54) is 44.2 Å². The highest BCUT2D eigenvalue weighted by molar-refractivity contribution is 6.11. The summed E-state index contributed by atoms with van der Waals surface area (Å²) >= 11 is 0. The third kappa shape index (κ3) is 4.52. The van der Waals surface area contributed by atoms with Gasteiger partial charge in [0.2, 0.25) is 0 Å². The molecule has 230 valence electrons. The second-order valence-electron chi connectivity index (χ2n) is 12.7. The summed E-state index contributed by atoms with van der Waals surface area (Å²) < 4.78 is 0. The molecule has 0 spiro atoms. The topological polar surface area (TPSA) is 32.3 Å². The number of fused-ring (bicyclic) bond motifs is 1. The van der Waals surface area contributed by atoms with Gasteiger partial charge < -0.3 is 4.90 Å². The van der Waals surface area contributed by atoms with Gasteiger partial charge in [0.25, 0.3) is 0 Å². The van der Waals surface area contributed by atoms with Crippen LogP contribution in [0.3, 0.4) is 0 Å². The number of hydrogen-bond acceptors (Lipinski definition) is 4. The zero-order chi connectivity index (χ0) is 32.2. The van der Waals surface area contributed by atoms with Crippen LogP contribution in [0.1, 0.15) is 29.2 Å². The quantitative estimate of drug-likeness (QED) is 0.186. The van der Waals surface area contributed by atoms with E-state index in [4.69, 9.17) is 9.97 Å². The lowest BCUT2D eigenvalue weighted by atomic mass is 9.75. The van der Waals surface area contributed by atoms with Crippen molar-refractivity contribution >= 4 is 61.5 Å². The van der Waals surface area contributed by atoms with Crippen LogP contribution in [0.4, 0.5) is 28.7 Å². The molecule has 2 aliphatic rings. The molecule has 2 aliphatic carbocycles. The first-order chi connectivity index (χ1) is 23.7. The van der Waals surface area contributed by atoms with Crippen molar-refractivity contribution in [3.8, 4) is 0 Å². The molecule has 9 rings (SSSR count). The van der Waals surface area contributed by atoms with Crippen molar-refractivity contribution in [3.63, 3.8) is 0 Å². The molecule has 4 nitrogen and oxygen atoms in total. The van der Waals surface area contributed by atoms with Crippen molar-refractivity contribution in [2.75, 3.05) is 9.80 Å². The minimum absolute atomic E-state index is 0.0303. The van der Waals surface area contributed by atoms with Crippen LogP contribution >= 0.6 is 0 Å². The van der Waals surface area contributed by atoms with Gasteiger partial charge in [-0.1, -0.05) is 84.9 Å². The fourth-order valence-corrected chi connectivity index (χ4v) is 7.66. The number of pyridine rings is 2. The molecule has 0 aliphatic heterocycles. The zero-order valence-corrected chi connectivity index (χ0v) is 27.0. The number of anilines is 5. The van der Waals surface area contributed by atoms with Crippen LogP contribution in [0.15, 0.2) is 152 Å². The van der Waals surface area contributed by atoms with Crippen molar-refractivity contribution in [1.29, 1.82) is 0 Å². The maximum Gasteiger partial charge on any atom is 0.137 e. The molecule has 0 saturated heterocycles. The lowest BCUT2D eigenvalue weighted by Crippen LogP contribution is -2.34. The van der Waals surface area contributed by atoms with Gasteiger partial charge in [0.1, 0.15) is 11.6 Å². The highest BCUT2D eigenvalue weighted by Crippen LogP contribution is 2.50. The van der Waals surface area contributed by atoms with Gasteiger partial charge in [-0.05, 0) is 120 Å². The summed E-state index contributed by atoms with van der Waals surface area (Å²) in [5, 5.41) is 3.72. The Hall–Kier alpha value is -6.00. The molecule has 0 fully saturated rings. The van der Waals surface area contributed by atoms with Gasteiger partial charge in [-0.2, -0.15) is 0 Å². The van der Waals surface area contributed by atoms with Crippen molar-refractivity contribution < 1.29 is 0 Å². The molecule has 1 atom stereocenters. The summed E-state index contributed by atoms with van der Waals surface area (Å²) in [6.45, 7) is 4.52. The molecule has 48 heavy (non-hydrogen) atoms. The predicted octanol–water partition coefficient (Wildman–Crippen LogP) is 11.1. The summed E-state index contributed by atoms with van der Waals surface area (Å²) in [6.07, 6.45) is 7.64. The number of para-hydroxylation sites is 3. The Kier molecular flexibility index (Phi) is 6.68. The summed E-state index contributed by atoms with van der Waals surface area (Å²) in [5.41, 5.74) is 12.3. The molecular weight excluding hydrogens is 585 g/mol. The molecule has 0 bridgehead atoms. The van der Waals surface area contributed by atoms with Crippen LogP contribution in [-0.4, -0.2) is 16.0 Å². The summed E-state index contributed by atoms with van der Waals surface area (Å²) in [5.74, 6) is 1.83. The molecule has 0 N–H and O–H groups in total. The van der Waals surface area contributed by atoms with Crippen LogP contribution in [0.25, 0.3) is 32.8 Å². The standard InChI is InChI=1S/C44H34N4/c1-29-27-39(47(32-14-5-3-6-15-32)41-19-11-12-26-45-41)36-23-21-35-30(2)28-40(37-24-22-34(29)43(36)44(35)37)48(33-16-7-4-8-17-33)42-25-20-31-13-9-10-18-38(31)46-42/h3-21,23-28,40H,22H2,1-2H3. The first kappa shape index (κ1) is 28.2. The first-order valence-electron chi connectivity index (χ1n) is 16.6. The van der Waals surface area contributed by atoms with E-state index in [9.17, 15) is 0 Å². The number of benzene rings is 5. The number of allylic oxidation sites excluding steroid dienone is 2. The summed E-state index contributed by atoms with van der Waals surface area (Å²) in [7, 11) is 0. The van der Waals surface area contributed by atoms with E-state index in [2.05, 4.69) is 163 Å². The number of nitrogens with zero attached hydrogens (tertiary/aromatic N) is 4. The van der Waals surface area contributed by atoms with E-state index in [1.54, 1.807) is 0 Å². The van der Waals surface area contributed by atoms with Gasteiger partial charge >= 0.3 is 0 Å². The van der Waals surface area contributed by atoms with E-state index in [0.29, 0.717) is 0 Å². The van der Waals surface area contributed by atoms with Crippen molar-refractivity contribution in [2.24, 2.45) is 0 Å². The van der Waals surface area contributed by atoms with Gasteiger partial charge in [0.05, 0.1) is 17.2 Å². The van der Waals surface area contributed by atoms with E-state index in [-0.39, 0.29) is 6.04 Å². The summed E-state index contributed by atoms with van der Waals surface area (Å²) in [4.78, 5) is 14.8. The highest BCUT2D eigenvalue weighted by Gasteiger charge is 2.34. The van der Waals surface area contributed by atoms with E-state index < -0.39 is 0 Å². The highest BCUT2D eigenvalue weighted by atomic mass is 15.2. The third-order valence-corrected chi connectivity index (χ3v) is 9.86. The Balaban J connectivity index is 1.28. The molecule has 4 heteroatoms. The minimum Gasteiger partial charge on any atom is -0.315 e. The largest absolute Gasteiger partial charge is 0.315 e. The minimum atomic E-state index is -0.0303. The van der Waals surface area contributed by atoms with Crippen LogP contribution in [0.5, 0.6) is 0 Å². The van der Waals surface area contributed by atoms with Crippen LogP contribution in [0.2, 0.25) is 0 Å². The lowest BCUT2D eigenvalue weighted by molar-refractivity contribution is 0.926. The molecule has 0 amide bonds. The van der Waals surface area contributed by atoms with Crippen LogP contribution in [0, 0.1) is 6.92 Å². The smallest absolute Gasteiger partial charge is 0.137 e. The van der Waals surface area contributed by atoms with E-state index in [1.807, 2.05) is 12.3 Å².